The minimum Gasteiger partial charge on any atom is -0.749 e. The second-order valence-electron chi connectivity index (χ2n) is 1.02. The largest absolute Gasteiger partial charge is 1.00 e. The first-order valence-electron chi connectivity index (χ1n) is 1.81. The van der Waals surface area contributed by atoms with Crippen molar-refractivity contribution in [1.82, 2.24) is 0 Å². The van der Waals surface area contributed by atoms with Gasteiger partial charge in [0.15, 0.2) is 0 Å². The molecule has 0 spiro atoms. The molecule has 0 amide bonds. The van der Waals surface area contributed by atoms with Crippen LogP contribution < -0.4 is 23.8 Å². The zero-order valence-corrected chi connectivity index (χ0v) is 6.62. The number of carbonyl (C=O) groups is 2. The van der Waals surface area contributed by atoms with Crippen molar-refractivity contribution in [3.63, 3.8) is 0 Å². The molecule has 2 N–H and O–H groups in total. The van der Waals surface area contributed by atoms with Gasteiger partial charge in [-0.15, -0.1) is 0 Å². The molecule has 0 radical (unpaired) electrons. The number of carboxylic acid groups (broad SMARTS) is 2. The van der Waals surface area contributed by atoms with E-state index in [9.17, 15) is 8.39 Å². The second-order valence-corrected chi connectivity index (χ2v) is 1.85. The summed E-state index contributed by atoms with van der Waals surface area (Å²) in [5.41, 5.74) is 0. The third kappa shape index (κ3) is 54.9. The summed E-state index contributed by atoms with van der Waals surface area (Å²) < 4.78 is 28.4. The van der Waals surface area contributed by atoms with Gasteiger partial charge in [-0.2, -0.15) is 8.39 Å². The SMILES string of the molecule is O=C(O)C(=O)O.O=P([O-])(F)F.[Li+]. The zero-order valence-electron chi connectivity index (χ0n) is 5.73. The Labute approximate surface area is 77.1 Å². The molecule has 66 valence electrons. The van der Waals surface area contributed by atoms with E-state index in [1.165, 1.54) is 0 Å². The predicted molar refractivity (Wildman–Crippen MR) is 25.1 cm³/mol. The quantitative estimate of drug-likeness (QED) is 0.237. The minimum atomic E-state index is -5.89. The molecule has 0 aromatic heterocycles. The predicted octanol–water partition coefficient (Wildman–Crippen LogP) is -3.45. The van der Waals surface area contributed by atoms with Gasteiger partial charge >= 0.3 is 38.8 Å². The van der Waals surface area contributed by atoms with E-state index in [2.05, 4.69) is 0 Å². The first kappa shape index (κ1) is 17.6. The second kappa shape index (κ2) is 7.25. The Bertz CT molecular complexity index is 179. The third-order valence-electron chi connectivity index (χ3n) is 0.183. The third-order valence-corrected chi connectivity index (χ3v) is 0.183. The average Bonchev–Trinajstić information content (AvgIpc) is 1.59. The van der Waals surface area contributed by atoms with Gasteiger partial charge in [0, 0.05) is 0 Å². The van der Waals surface area contributed by atoms with Gasteiger partial charge in [0.1, 0.15) is 0 Å². The molecule has 0 aliphatic heterocycles. The summed E-state index contributed by atoms with van der Waals surface area (Å²) in [4.78, 5) is 26.5. The van der Waals surface area contributed by atoms with Crippen LogP contribution >= 0.6 is 7.99 Å². The van der Waals surface area contributed by atoms with Crippen LogP contribution in [-0.2, 0) is 14.2 Å². The Morgan fingerprint density at radius 2 is 1.25 bits per heavy atom. The summed E-state index contributed by atoms with van der Waals surface area (Å²) in [6, 6.07) is 0. The number of hydrogen-bond acceptors (Lipinski definition) is 4. The van der Waals surface area contributed by atoms with E-state index in [0.29, 0.717) is 0 Å². The maximum atomic E-state index is 10.0. The van der Waals surface area contributed by atoms with E-state index in [4.69, 9.17) is 29.3 Å². The molecule has 0 atom stereocenters. The topological polar surface area (TPSA) is 115 Å². The fourth-order valence-electron chi connectivity index (χ4n) is 0. The molecular weight excluding hydrogens is 196 g/mol. The molecule has 0 aromatic carbocycles. The van der Waals surface area contributed by atoms with Crippen LogP contribution in [0.3, 0.4) is 0 Å². The molecule has 0 unspecified atom stereocenters. The number of rotatable bonds is 0. The molecule has 0 rings (SSSR count). The van der Waals surface area contributed by atoms with E-state index in [1.54, 1.807) is 0 Å². The Morgan fingerprint density at radius 3 is 1.25 bits per heavy atom. The molecule has 0 saturated carbocycles. The van der Waals surface area contributed by atoms with E-state index >= 15 is 0 Å². The molecule has 0 fully saturated rings. The van der Waals surface area contributed by atoms with Crippen LogP contribution in [0, 0.1) is 0 Å². The van der Waals surface area contributed by atoms with Gasteiger partial charge in [0.05, 0.1) is 0 Å². The summed E-state index contributed by atoms with van der Waals surface area (Å²) >= 11 is 0. The smallest absolute Gasteiger partial charge is 0.749 e. The Balaban J connectivity index is -0.000000126. The summed E-state index contributed by atoms with van der Waals surface area (Å²) in [5.74, 6) is -3.65. The van der Waals surface area contributed by atoms with E-state index in [1.807, 2.05) is 0 Å². The molecule has 0 bridgehead atoms. The first-order valence-corrected chi connectivity index (χ1v) is 3.22. The average molecular weight is 198 g/mol. The van der Waals surface area contributed by atoms with Crippen molar-refractivity contribution in [3.8, 4) is 0 Å². The van der Waals surface area contributed by atoms with Crippen molar-refractivity contribution >= 4 is 19.9 Å². The van der Waals surface area contributed by atoms with Crippen molar-refractivity contribution in [2.24, 2.45) is 0 Å². The van der Waals surface area contributed by atoms with Gasteiger partial charge in [-0.25, -0.2) is 9.59 Å². The number of aliphatic carboxylic acids is 2. The molecule has 10 heteroatoms. The van der Waals surface area contributed by atoms with Crippen molar-refractivity contribution in [2.45, 2.75) is 0 Å². The molecule has 0 saturated heterocycles. The molecule has 0 aliphatic carbocycles. The Kier molecular flexibility index (Phi) is 10.6. The molecule has 0 aromatic rings. The van der Waals surface area contributed by atoms with Gasteiger partial charge < -0.3 is 15.1 Å². The fraction of sp³-hybridized carbons (Fsp3) is 0. The van der Waals surface area contributed by atoms with Crippen LogP contribution in [0.5, 0.6) is 0 Å². The Hall–Kier alpha value is -0.413. The van der Waals surface area contributed by atoms with E-state index < -0.39 is 19.9 Å². The minimum absolute atomic E-state index is 0. The van der Waals surface area contributed by atoms with Crippen LogP contribution in [0.2, 0.25) is 0 Å². The van der Waals surface area contributed by atoms with Gasteiger partial charge in [0.2, 0.25) is 0 Å². The van der Waals surface area contributed by atoms with Crippen molar-refractivity contribution < 1.29 is 56.5 Å². The summed E-state index contributed by atoms with van der Waals surface area (Å²) in [6.45, 7) is 0. The number of hydrogen-bond donors (Lipinski definition) is 2. The van der Waals surface area contributed by atoms with Crippen LogP contribution in [0.4, 0.5) is 8.39 Å². The van der Waals surface area contributed by atoms with Crippen molar-refractivity contribution in [2.75, 3.05) is 0 Å². The van der Waals surface area contributed by atoms with Gasteiger partial charge in [0.25, 0.3) is 0 Å². The zero-order chi connectivity index (χ0) is 9.65. The van der Waals surface area contributed by atoms with Gasteiger partial charge in [-0.1, -0.05) is 0 Å². The van der Waals surface area contributed by atoms with Crippen molar-refractivity contribution in [3.05, 3.63) is 0 Å². The van der Waals surface area contributed by atoms with Gasteiger partial charge in [-0.3, -0.25) is 4.57 Å². The van der Waals surface area contributed by atoms with Crippen LogP contribution in [0.1, 0.15) is 0 Å². The fourth-order valence-corrected chi connectivity index (χ4v) is 0. The molecule has 0 aliphatic rings. The van der Waals surface area contributed by atoms with E-state index in [0.717, 1.165) is 0 Å². The maximum absolute atomic E-state index is 10.0. The number of halogens is 2. The first-order chi connectivity index (χ1) is 4.64. The van der Waals surface area contributed by atoms with Crippen molar-refractivity contribution in [1.29, 1.82) is 0 Å². The monoisotopic (exact) mass is 198 g/mol. The normalized spacial score (nSPS) is 8.58. The summed E-state index contributed by atoms with van der Waals surface area (Å²) in [7, 11) is -5.89. The molecule has 0 heterocycles. The van der Waals surface area contributed by atoms with Gasteiger partial charge in [-0.05, 0) is 0 Å². The van der Waals surface area contributed by atoms with Crippen LogP contribution in [-0.4, -0.2) is 22.2 Å². The summed E-state index contributed by atoms with van der Waals surface area (Å²) in [6.07, 6.45) is 0. The van der Waals surface area contributed by atoms with Crippen LogP contribution in [0.15, 0.2) is 0 Å². The number of carboxylic acids is 2. The molecule has 6 nitrogen and oxygen atoms in total. The molecular formula is C2H2F2LiO6P. The standard InChI is InChI=1S/C2H2O4.F2HO2P.Li/c3-1(4)2(5)6;1-5(2,3)4;/h(H,3,4)(H,5,6);(H,3,4);/q;;+1/p-1. The summed E-state index contributed by atoms with van der Waals surface area (Å²) in [5, 5.41) is 14.8. The molecule has 12 heavy (non-hydrogen) atoms. The Morgan fingerprint density at radius 1 is 1.17 bits per heavy atom. The van der Waals surface area contributed by atoms with E-state index in [-0.39, 0.29) is 18.9 Å². The maximum Gasteiger partial charge on any atom is 1.00 e. The van der Waals surface area contributed by atoms with Crippen LogP contribution in [0.25, 0.3) is 0 Å².